The Hall–Kier alpha value is -2.07. The summed E-state index contributed by atoms with van der Waals surface area (Å²) in [5.74, 6) is 7.66. The first-order valence-electron chi connectivity index (χ1n) is 7.85. The van der Waals surface area contributed by atoms with Crippen LogP contribution in [0.1, 0.15) is 52.6 Å². The van der Waals surface area contributed by atoms with Gasteiger partial charge in [0.15, 0.2) is 0 Å². The van der Waals surface area contributed by atoms with Crippen molar-refractivity contribution in [2.24, 2.45) is 5.92 Å². The minimum absolute atomic E-state index is 0.196. The van der Waals surface area contributed by atoms with Crippen LogP contribution < -0.4 is 0 Å². The van der Waals surface area contributed by atoms with Gasteiger partial charge < -0.3 is 0 Å². The van der Waals surface area contributed by atoms with Crippen LogP contribution in [0.4, 0.5) is 4.39 Å². The molecular weight excluding hydrogens is 271 g/mol. The largest absolute Gasteiger partial charge is 0.207 e. The fourth-order valence-corrected chi connectivity index (χ4v) is 3.00. The van der Waals surface area contributed by atoms with E-state index in [1.165, 1.54) is 29.2 Å². The SMILES string of the molecule is Cc1ccc(C#Cc2c(C)cc(C3CC3C)cc2C)cc1F. The summed E-state index contributed by atoms with van der Waals surface area (Å²) in [6.07, 6.45) is 1.30. The Morgan fingerprint density at radius 1 is 0.955 bits per heavy atom. The first-order chi connectivity index (χ1) is 10.5. The number of rotatable bonds is 1. The van der Waals surface area contributed by atoms with Crippen molar-refractivity contribution in [3.05, 3.63) is 69.5 Å². The fraction of sp³-hybridized carbons (Fsp3) is 0.333. The molecule has 0 aliphatic heterocycles. The zero-order valence-electron chi connectivity index (χ0n) is 13.6. The van der Waals surface area contributed by atoms with Crippen LogP contribution in [0.3, 0.4) is 0 Å². The van der Waals surface area contributed by atoms with Crippen molar-refractivity contribution in [1.82, 2.24) is 0 Å². The molecule has 0 nitrogen and oxygen atoms in total. The molecule has 1 fully saturated rings. The van der Waals surface area contributed by atoms with Crippen LogP contribution >= 0.6 is 0 Å². The van der Waals surface area contributed by atoms with Gasteiger partial charge in [-0.1, -0.05) is 37.0 Å². The summed E-state index contributed by atoms with van der Waals surface area (Å²) >= 11 is 0. The highest BCUT2D eigenvalue weighted by Crippen LogP contribution is 2.47. The molecule has 0 aromatic heterocycles. The second kappa shape index (κ2) is 5.61. The number of halogens is 1. The van der Waals surface area contributed by atoms with Crippen molar-refractivity contribution in [3.8, 4) is 11.8 Å². The molecule has 22 heavy (non-hydrogen) atoms. The Labute approximate surface area is 132 Å². The number of aryl methyl sites for hydroxylation is 3. The van der Waals surface area contributed by atoms with Gasteiger partial charge in [-0.3, -0.25) is 0 Å². The molecule has 2 aromatic carbocycles. The van der Waals surface area contributed by atoms with Crippen molar-refractivity contribution < 1.29 is 4.39 Å². The predicted molar refractivity (Wildman–Crippen MR) is 89.6 cm³/mol. The second-order valence-electron chi connectivity index (χ2n) is 6.56. The van der Waals surface area contributed by atoms with Crippen molar-refractivity contribution in [2.45, 2.75) is 40.0 Å². The van der Waals surface area contributed by atoms with Crippen molar-refractivity contribution in [3.63, 3.8) is 0 Å². The summed E-state index contributed by atoms with van der Waals surface area (Å²) in [6, 6.07) is 9.68. The third-order valence-corrected chi connectivity index (χ3v) is 4.60. The molecule has 1 aliphatic carbocycles. The molecule has 0 amide bonds. The number of benzene rings is 2. The summed E-state index contributed by atoms with van der Waals surface area (Å²) in [7, 11) is 0. The maximum Gasteiger partial charge on any atom is 0.127 e. The number of hydrogen-bond acceptors (Lipinski definition) is 0. The van der Waals surface area contributed by atoms with Crippen LogP contribution in [0.2, 0.25) is 0 Å². The average molecular weight is 292 g/mol. The molecule has 1 saturated carbocycles. The lowest BCUT2D eigenvalue weighted by atomic mass is 9.96. The summed E-state index contributed by atoms with van der Waals surface area (Å²) < 4.78 is 13.6. The van der Waals surface area contributed by atoms with Gasteiger partial charge in [0.1, 0.15) is 5.82 Å². The molecule has 0 N–H and O–H groups in total. The lowest BCUT2D eigenvalue weighted by molar-refractivity contribution is 0.618. The molecule has 1 aliphatic rings. The fourth-order valence-electron chi connectivity index (χ4n) is 3.00. The average Bonchev–Trinajstić information content (AvgIpc) is 3.18. The minimum atomic E-state index is -0.196. The maximum absolute atomic E-state index is 13.6. The standard InChI is InChI=1S/C21H21F/c1-13-5-6-17(12-21(13)22)7-8-19-14(2)9-18(10-15(19)3)20-11-16(20)4/h5-6,9-10,12,16,20H,11H2,1-4H3. The Balaban J connectivity index is 1.92. The predicted octanol–water partition coefficient (Wildman–Crippen LogP) is 5.27. The van der Waals surface area contributed by atoms with Gasteiger partial charge in [-0.25, -0.2) is 4.39 Å². The van der Waals surface area contributed by atoms with Crippen LogP contribution in [0, 0.1) is 44.3 Å². The van der Waals surface area contributed by atoms with E-state index in [4.69, 9.17) is 0 Å². The molecule has 2 atom stereocenters. The van der Waals surface area contributed by atoms with Crippen LogP contribution in [-0.4, -0.2) is 0 Å². The highest BCUT2D eigenvalue weighted by atomic mass is 19.1. The Morgan fingerprint density at radius 2 is 1.59 bits per heavy atom. The molecule has 0 spiro atoms. The molecule has 1 heteroatoms. The van der Waals surface area contributed by atoms with Crippen LogP contribution in [0.25, 0.3) is 0 Å². The van der Waals surface area contributed by atoms with Crippen LogP contribution in [0.15, 0.2) is 30.3 Å². The second-order valence-corrected chi connectivity index (χ2v) is 6.56. The number of hydrogen-bond donors (Lipinski definition) is 0. The van der Waals surface area contributed by atoms with Gasteiger partial charge in [-0.15, -0.1) is 0 Å². The third kappa shape index (κ3) is 2.92. The maximum atomic E-state index is 13.6. The normalized spacial score (nSPS) is 19.5. The Morgan fingerprint density at radius 3 is 2.14 bits per heavy atom. The lowest BCUT2D eigenvalue weighted by Crippen LogP contribution is -1.93. The summed E-state index contributed by atoms with van der Waals surface area (Å²) in [5.41, 5.74) is 6.32. The molecule has 2 aromatic rings. The van der Waals surface area contributed by atoms with Gasteiger partial charge >= 0.3 is 0 Å². The van der Waals surface area contributed by atoms with Gasteiger partial charge in [-0.2, -0.15) is 0 Å². The molecule has 0 bridgehead atoms. The smallest absolute Gasteiger partial charge is 0.127 e. The van der Waals surface area contributed by atoms with E-state index < -0.39 is 0 Å². The van der Waals surface area contributed by atoms with Crippen molar-refractivity contribution in [2.75, 3.05) is 0 Å². The first kappa shape index (κ1) is 14.9. The highest BCUT2D eigenvalue weighted by molar-refractivity contribution is 5.52. The first-order valence-corrected chi connectivity index (χ1v) is 7.85. The van der Waals surface area contributed by atoms with Gasteiger partial charge in [0.2, 0.25) is 0 Å². The molecule has 3 rings (SSSR count). The minimum Gasteiger partial charge on any atom is -0.207 e. The molecule has 0 saturated heterocycles. The molecule has 0 heterocycles. The van der Waals surface area contributed by atoms with Gasteiger partial charge in [-0.05, 0) is 73.4 Å². The van der Waals surface area contributed by atoms with E-state index in [-0.39, 0.29) is 5.82 Å². The summed E-state index contributed by atoms with van der Waals surface area (Å²) in [6.45, 7) is 8.29. The highest BCUT2D eigenvalue weighted by Gasteiger charge is 2.34. The Bertz CT molecular complexity index is 766. The lowest BCUT2D eigenvalue weighted by Gasteiger charge is -2.08. The van der Waals surface area contributed by atoms with E-state index in [1.54, 1.807) is 13.0 Å². The van der Waals surface area contributed by atoms with Gasteiger partial charge in [0.05, 0.1) is 0 Å². The van der Waals surface area contributed by atoms with Crippen LogP contribution in [0.5, 0.6) is 0 Å². The van der Waals surface area contributed by atoms with E-state index in [2.05, 4.69) is 44.7 Å². The third-order valence-electron chi connectivity index (χ3n) is 4.60. The van der Waals surface area contributed by atoms with E-state index in [0.29, 0.717) is 5.56 Å². The van der Waals surface area contributed by atoms with Crippen LogP contribution in [-0.2, 0) is 0 Å². The zero-order valence-corrected chi connectivity index (χ0v) is 13.6. The molecule has 0 radical (unpaired) electrons. The Kier molecular flexibility index (Phi) is 3.79. The topological polar surface area (TPSA) is 0 Å². The summed E-state index contributed by atoms with van der Waals surface area (Å²) in [5, 5.41) is 0. The molecule has 2 unspecified atom stereocenters. The van der Waals surface area contributed by atoms with E-state index >= 15 is 0 Å². The van der Waals surface area contributed by atoms with E-state index in [0.717, 1.165) is 23.0 Å². The quantitative estimate of drug-likeness (QED) is 0.628. The monoisotopic (exact) mass is 292 g/mol. The van der Waals surface area contributed by atoms with Gasteiger partial charge in [0, 0.05) is 11.1 Å². The van der Waals surface area contributed by atoms with E-state index in [1.807, 2.05) is 6.07 Å². The van der Waals surface area contributed by atoms with Crippen molar-refractivity contribution in [1.29, 1.82) is 0 Å². The molecular formula is C21H21F. The zero-order chi connectivity index (χ0) is 15.9. The summed E-state index contributed by atoms with van der Waals surface area (Å²) in [4.78, 5) is 0. The van der Waals surface area contributed by atoms with E-state index in [9.17, 15) is 4.39 Å². The van der Waals surface area contributed by atoms with Gasteiger partial charge in [0.25, 0.3) is 0 Å². The molecule has 112 valence electrons. The van der Waals surface area contributed by atoms with Crippen molar-refractivity contribution >= 4 is 0 Å².